The highest BCUT2D eigenvalue weighted by atomic mass is 31.2. The van der Waals surface area contributed by atoms with Gasteiger partial charge in [0.2, 0.25) is 5.95 Å². The molecule has 8 N–H and O–H groups in total. The first kappa shape index (κ1) is 29.5. The van der Waals surface area contributed by atoms with E-state index in [1.807, 2.05) is 12.1 Å². The molecule has 0 aliphatic heterocycles. The molecular formula is C20H31N6O8P2+. The molecule has 0 aliphatic rings. The number of nitrogen functional groups attached to an aromatic ring is 1. The van der Waals surface area contributed by atoms with E-state index in [0.717, 1.165) is 24.8 Å². The summed E-state index contributed by atoms with van der Waals surface area (Å²) in [5.74, 6) is 0.639. The van der Waals surface area contributed by atoms with E-state index in [0.29, 0.717) is 16.9 Å². The molecule has 2 heterocycles. The van der Waals surface area contributed by atoms with Crippen molar-refractivity contribution in [1.82, 2.24) is 19.5 Å². The third-order valence-electron chi connectivity index (χ3n) is 4.87. The third kappa shape index (κ3) is 10.1. The summed E-state index contributed by atoms with van der Waals surface area (Å²) < 4.78 is 26.3. The molecule has 14 nitrogen and oxygen atoms in total. The molecule has 2 aromatic heterocycles. The van der Waals surface area contributed by atoms with Crippen LogP contribution >= 0.6 is 15.9 Å². The second-order valence-corrected chi connectivity index (χ2v) is 9.87. The van der Waals surface area contributed by atoms with Crippen LogP contribution in [0, 0.1) is 0 Å². The SMILES string of the molecule is CCCCCCc1ccc(Nc2nc(N)c3ncn(CCOCP(=O)(O)O)c3n2)cc1O.O=[P+](O)O. The highest BCUT2D eigenvalue weighted by Crippen LogP contribution is 2.33. The molecule has 36 heavy (non-hydrogen) atoms. The number of ether oxygens (including phenoxy) is 1. The fraction of sp³-hybridized carbons (Fsp3) is 0.450. The van der Waals surface area contributed by atoms with Crippen LogP contribution in [0.25, 0.3) is 11.2 Å². The number of phenolic OH excluding ortho intramolecular Hbond substituents is 1. The lowest BCUT2D eigenvalue weighted by Gasteiger charge is -2.10. The summed E-state index contributed by atoms with van der Waals surface area (Å²) in [6.45, 7) is 2.51. The topological polar surface area (TPSA) is 226 Å². The van der Waals surface area contributed by atoms with Gasteiger partial charge < -0.3 is 35.2 Å². The normalized spacial score (nSPS) is 11.2. The number of aromatic nitrogens is 4. The summed E-state index contributed by atoms with van der Waals surface area (Å²) in [4.78, 5) is 44.8. The predicted molar refractivity (Wildman–Crippen MR) is 134 cm³/mol. The monoisotopic (exact) mass is 545 g/mol. The zero-order chi connectivity index (χ0) is 26.7. The predicted octanol–water partition coefficient (Wildman–Crippen LogP) is 2.76. The Morgan fingerprint density at radius 3 is 2.56 bits per heavy atom. The molecule has 0 bridgehead atoms. The van der Waals surface area contributed by atoms with Crippen LogP contribution < -0.4 is 11.1 Å². The average Bonchev–Trinajstić information content (AvgIpc) is 3.18. The molecule has 0 saturated carbocycles. The number of nitrogens with two attached hydrogens (primary N) is 1. The van der Waals surface area contributed by atoms with Crippen molar-refractivity contribution >= 4 is 44.5 Å². The number of hydrogen-bond acceptors (Lipinski definition) is 9. The van der Waals surface area contributed by atoms with Crippen LogP contribution in [0.2, 0.25) is 0 Å². The van der Waals surface area contributed by atoms with Crippen molar-refractivity contribution in [1.29, 1.82) is 0 Å². The van der Waals surface area contributed by atoms with Crippen molar-refractivity contribution in [3.8, 4) is 5.75 Å². The van der Waals surface area contributed by atoms with Crippen LogP contribution in [0.5, 0.6) is 5.75 Å². The average molecular weight is 545 g/mol. The van der Waals surface area contributed by atoms with Crippen LogP contribution in [0.4, 0.5) is 17.5 Å². The van der Waals surface area contributed by atoms with Crippen LogP contribution in [-0.2, 0) is 26.8 Å². The van der Waals surface area contributed by atoms with Crippen molar-refractivity contribution in [3.63, 3.8) is 0 Å². The zero-order valence-electron chi connectivity index (χ0n) is 19.7. The van der Waals surface area contributed by atoms with Crippen LogP contribution in [0.15, 0.2) is 24.5 Å². The largest absolute Gasteiger partial charge is 0.692 e. The van der Waals surface area contributed by atoms with E-state index in [2.05, 4.69) is 27.2 Å². The molecule has 0 aliphatic carbocycles. The Kier molecular flexibility index (Phi) is 11.6. The lowest BCUT2D eigenvalue weighted by Crippen LogP contribution is -2.08. The Balaban J connectivity index is 0.00000106. The molecule has 0 atom stereocenters. The summed E-state index contributed by atoms with van der Waals surface area (Å²) in [6.07, 6.45) is 6.22. The molecule has 16 heteroatoms. The number of rotatable bonds is 12. The van der Waals surface area contributed by atoms with Crippen molar-refractivity contribution in [2.24, 2.45) is 0 Å². The highest BCUT2D eigenvalue weighted by molar-refractivity contribution is 7.51. The van der Waals surface area contributed by atoms with E-state index < -0.39 is 22.2 Å². The smallest absolute Gasteiger partial charge is 0.508 e. The van der Waals surface area contributed by atoms with Crippen molar-refractivity contribution in [2.45, 2.75) is 45.6 Å². The first-order chi connectivity index (χ1) is 17.0. The fourth-order valence-corrected chi connectivity index (χ4v) is 3.62. The van der Waals surface area contributed by atoms with Crippen LogP contribution in [-0.4, -0.2) is 57.2 Å². The number of aromatic hydroxyl groups is 1. The Bertz CT molecular complexity index is 1200. The Hall–Kier alpha value is -2.70. The molecule has 0 radical (unpaired) electrons. The van der Waals surface area contributed by atoms with Gasteiger partial charge in [-0.3, -0.25) is 4.57 Å². The van der Waals surface area contributed by atoms with Gasteiger partial charge in [-0.15, -0.1) is 9.79 Å². The number of fused-ring (bicyclic) bond motifs is 1. The second-order valence-electron chi connectivity index (χ2n) is 7.78. The third-order valence-corrected chi connectivity index (χ3v) is 5.39. The van der Waals surface area contributed by atoms with Crippen molar-refractivity contribution < 1.29 is 38.5 Å². The molecule has 3 aromatic rings. The van der Waals surface area contributed by atoms with E-state index in [-0.39, 0.29) is 30.7 Å². The molecule has 1 aromatic carbocycles. The van der Waals surface area contributed by atoms with E-state index >= 15 is 0 Å². The van der Waals surface area contributed by atoms with Gasteiger partial charge >= 0.3 is 15.9 Å². The molecule has 0 fully saturated rings. The van der Waals surface area contributed by atoms with Gasteiger partial charge in [0.1, 0.15) is 17.6 Å². The Labute approximate surface area is 208 Å². The zero-order valence-corrected chi connectivity index (χ0v) is 21.5. The van der Waals surface area contributed by atoms with Gasteiger partial charge in [-0.1, -0.05) is 32.3 Å². The van der Waals surface area contributed by atoms with Crippen molar-refractivity contribution in [3.05, 3.63) is 30.1 Å². The van der Waals surface area contributed by atoms with Gasteiger partial charge in [-0.25, -0.2) is 4.98 Å². The number of hydrogen-bond donors (Lipinski definition) is 7. The van der Waals surface area contributed by atoms with Crippen LogP contribution in [0.1, 0.15) is 38.2 Å². The second kappa shape index (κ2) is 14.1. The summed E-state index contributed by atoms with van der Waals surface area (Å²) in [5, 5.41) is 13.4. The van der Waals surface area contributed by atoms with Gasteiger partial charge in [0.25, 0.3) is 0 Å². The summed E-state index contributed by atoms with van der Waals surface area (Å²) in [6, 6.07) is 5.37. The molecule has 0 unspecified atom stereocenters. The van der Waals surface area contributed by atoms with E-state index in [1.165, 1.54) is 19.2 Å². The molecule has 3 rings (SSSR count). The number of unbranched alkanes of at least 4 members (excludes halogenated alkanes) is 3. The molecule has 0 saturated heterocycles. The highest BCUT2D eigenvalue weighted by Gasteiger charge is 2.14. The van der Waals surface area contributed by atoms with Crippen LogP contribution in [0.3, 0.4) is 0 Å². The van der Waals surface area contributed by atoms with Gasteiger partial charge in [0.05, 0.1) is 12.9 Å². The molecule has 198 valence electrons. The first-order valence-corrected chi connectivity index (χ1v) is 14.0. The number of benzene rings is 1. The minimum atomic E-state index is -4.22. The first-order valence-electron chi connectivity index (χ1n) is 11.0. The molecule has 0 amide bonds. The number of phenols is 1. The number of anilines is 3. The Morgan fingerprint density at radius 1 is 1.19 bits per heavy atom. The Morgan fingerprint density at radius 2 is 1.92 bits per heavy atom. The minimum Gasteiger partial charge on any atom is -0.508 e. The lowest BCUT2D eigenvalue weighted by atomic mass is 10.0. The number of nitrogens with one attached hydrogen (secondary N) is 1. The van der Waals surface area contributed by atoms with E-state index in [4.69, 9.17) is 34.6 Å². The van der Waals surface area contributed by atoms with Crippen molar-refractivity contribution in [2.75, 3.05) is 24.0 Å². The summed E-state index contributed by atoms with van der Waals surface area (Å²) >= 11 is 0. The van der Waals surface area contributed by atoms with Gasteiger partial charge in [-0.2, -0.15) is 9.97 Å². The summed E-state index contributed by atoms with van der Waals surface area (Å²) in [5.41, 5.74) is 8.41. The van der Waals surface area contributed by atoms with E-state index in [1.54, 1.807) is 10.6 Å². The maximum atomic E-state index is 10.9. The minimum absolute atomic E-state index is 0.0663. The summed E-state index contributed by atoms with van der Waals surface area (Å²) in [7, 11) is -7.09. The van der Waals surface area contributed by atoms with Gasteiger partial charge in [0.15, 0.2) is 11.5 Å². The van der Waals surface area contributed by atoms with E-state index in [9.17, 15) is 9.67 Å². The number of imidazole rings is 1. The maximum Gasteiger partial charge on any atom is 0.692 e. The number of nitrogens with zero attached hydrogens (tertiary/aromatic N) is 4. The van der Waals surface area contributed by atoms with Gasteiger partial charge in [-0.05, 0) is 24.5 Å². The number of aryl methyl sites for hydroxylation is 1. The molecule has 0 spiro atoms. The molecular weight excluding hydrogens is 514 g/mol. The lowest BCUT2D eigenvalue weighted by molar-refractivity contribution is 0.149. The fourth-order valence-electron chi connectivity index (χ4n) is 3.26. The van der Waals surface area contributed by atoms with Gasteiger partial charge in [0, 0.05) is 22.9 Å². The maximum absolute atomic E-state index is 10.9. The quantitative estimate of drug-likeness (QED) is 0.128. The standard InChI is InChI=1S/C20H29N6O5P.HO3P/c1-2-3-4-5-6-14-7-8-15(11-16(14)27)23-20-24-18(21)17-19(25-20)26(12-22-17)9-10-31-13-32(28,29)30;1-4(2)3/h7-8,11-12,27H,2-6,9-10,13H2,1H3,(H2,28,29,30)(H3,21,23,24,25);(H-,1,2,3)/p+1.